The molecule has 0 aromatic heterocycles. The molecular weight excluding hydrogens is 241 g/mol. The van der Waals surface area contributed by atoms with Gasteiger partial charge in [-0.1, -0.05) is 0 Å². The first kappa shape index (κ1) is 12.6. The Bertz CT molecular complexity index is 509. The van der Waals surface area contributed by atoms with Crippen LogP contribution < -0.4 is 5.73 Å². The van der Waals surface area contributed by atoms with Crippen LogP contribution in [0.1, 0.15) is 36.8 Å². The zero-order chi connectivity index (χ0) is 13.4. The molecule has 2 saturated heterocycles. The van der Waals surface area contributed by atoms with Crippen molar-refractivity contribution in [1.82, 2.24) is 4.90 Å². The summed E-state index contributed by atoms with van der Waals surface area (Å²) < 4.78 is 13.4. The molecule has 2 fully saturated rings. The van der Waals surface area contributed by atoms with Gasteiger partial charge < -0.3 is 5.73 Å². The van der Waals surface area contributed by atoms with Crippen molar-refractivity contribution in [1.29, 1.82) is 5.26 Å². The second kappa shape index (κ2) is 4.92. The Morgan fingerprint density at radius 1 is 1.32 bits per heavy atom. The van der Waals surface area contributed by atoms with Crippen LogP contribution in [-0.2, 0) is 6.54 Å². The number of nitrogens with two attached hydrogens (primary N) is 1. The molecule has 2 aliphatic heterocycles. The molecule has 0 radical (unpaired) electrons. The number of halogens is 1. The monoisotopic (exact) mass is 259 g/mol. The molecule has 1 aromatic carbocycles. The van der Waals surface area contributed by atoms with E-state index in [2.05, 4.69) is 11.0 Å². The highest BCUT2D eigenvalue weighted by Crippen LogP contribution is 2.36. The SMILES string of the molecule is N#Cc1ccc(F)cc1CN1C2CCC1CC(N)C2. The van der Waals surface area contributed by atoms with Crippen molar-refractivity contribution in [2.45, 2.75) is 50.4 Å². The summed E-state index contributed by atoms with van der Waals surface area (Å²) in [6, 6.07) is 7.88. The van der Waals surface area contributed by atoms with Crippen molar-refractivity contribution >= 4 is 0 Å². The van der Waals surface area contributed by atoms with Gasteiger partial charge in [0.15, 0.2) is 0 Å². The molecule has 2 bridgehead atoms. The molecule has 0 aliphatic carbocycles. The summed E-state index contributed by atoms with van der Waals surface area (Å²) >= 11 is 0. The molecule has 3 rings (SSSR count). The van der Waals surface area contributed by atoms with E-state index in [1.165, 1.54) is 25.0 Å². The number of fused-ring (bicyclic) bond motifs is 2. The molecule has 100 valence electrons. The summed E-state index contributed by atoms with van der Waals surface area (Å²) in [6.45, 7) is 0.669. The zero-order valence-corrected chi connectivity index (χ0v) is 10.8. The van der Waals surface area contributed by atoms with Gasteiger partial charge in [-0.05, 0) is 49.4 Å². The molecule has 0 amide bonds. The van der Waals surface area contributed by atoms with Crippen molar-refractivity contribution < 1.29 is 4.39 Å². The van der Waals surface area contributed by atoms with Gasteiger partial charge in [-0.2, -0.15) is 5.26 Å². The molecule has 2 atom stereocenters. The van der Waals surface area contributed by atoms with Crippen LogP contribution in [0.5, 0.6) is 0 Å². The molecule has 4 heteroatoms. The normalized spacial score (nSPS) is 30.3. The summed E-state index contributed by atoms with van der Waals surface area (Å²) in [4.78, 5) is 2.42. The predicted molar refractivity (Wildman–Crippen MR) is 70.7 cm³/mol. The quantitative estimate of drug-likeness (QED) is 0.885. The molecule has 3 nitrogen and oxygen atoms in total. The van der Waals surface area contributed by atoms with E-state index in [1.807, 2.05) is 0 Å². The minimum Gasteiger partial charge on any atom is -0.328 e. The van der Waals surface area contributed by atoms with Gasteiger partial charge in [0, 0.05) is 24.7 Å². The van der Waals surface area contributed by atoms with E-state index in [4.69, 9.17) is 11.0 Å². The summed E-state index contributed by atoms with van der Waals surface area (Å²) in [6.07, 6.45) is 4.40. The number of nitrogens with zero attached hydrogens (tertiary/aromatic N) is 2. The lowest BCUT2D eigenvalue weighted by Gasteiger charge is -2.37. The average molecular weight is 259 g/mol. The molecule has 2 unspecified atom stereocenters. The Kier molecular flexibility index (Phi) is 3.26. The Morgan fingerprint density at radius 2 is 2.00 bits per heavy atom. The van der Waals surface area contributed by atoms with Crippen molar-refractivity contribution in [2.75, 3.05) is 0 Å². The second-order valence-electron chi connectivity index (χ2n) is 5.70. The third kappa shape index (κ3) is 2.36. The van der Waals surface area contributed by atoms with Crippen molar-refractivity contribution in [3.05, 3.63) is 35.1 Å². The van der Waals surface area contributed by atoms with Gasteiger partial charge in [0.25, 0.3) is 0 Å². The first-order valence-corrected chi connectivity index (χ1v) is 6.87. The van der Waals surface area contributed by atoms with E-state index in [1.54, 1.807) is 6.07 Å². The van der Waals surface area contributed by atoms with Gasteiger partial charge in [0.05, 0.1) is 11.6 Å². The molecular formula is C15H18FN3. The van der Waals surface area contributed by atoms with Gasteiger partial charge in [-0.15, -0.1) is 0 Å². The number of benzene rings is 1. The fourth-order valence-electron chi connectivity index (χ4n) is 3.57. The average Bonchev–Trinajstić information content (AvgIpc) is 2.62. The molecule has 0 spiro atoms. The van der Waals surface area contributed by atoms with E-state index in [0.29, 0.717) is 30.2 Å². The largest absolute Gasteiger partial charge is 0.328 e. The van der Waals surface area contributed by atoms with E-state index in [9.17, 15) is 4.39 Å². The molecule has 0 saturated carbocycles. The van der Waals surface area contributed by atoms with Gasteiger partial charge in [0.1, 0.15) is 5.82 Å². The Balaban J connectivity index is 1.83. The van der Waals surface area contributed by atoms with Crippen molar-refractivity contribution in [2.24, 2.45) is 5.73 Å². The summed E-state index contributed by atoms with van der Waals surface area (Å²) in [5.41, 5.74) is 7.43. The van der Waals surface area contributed by atoms with E-state index >= 15 is 0 Å². The van der Waals surface area contributed by atoms with Crippen molar-refractivity contribution in [3.8, 4) is 6.07 Å². The smallest absolute Gasteiger partial charge is 0.123 e. The molecule has 2 aliphatic rings. The standard InChI is InChI=1S/C15H18FN3/c16-12-2-1-10(8-17)11(5-12)9-19-14-3-4-15(19)7-13(18)6-14/h1-2,5,13-15H,3-4,6-7,9,18H2. The maximum Gasteiger partial charge on any atom is 0.123 e. The van der Waals surface area contributed by atoms with Crippen LogP contribution in [0.15, 0.2) is 18.2 Å². The van der Waals surface area contributed by atoms with Crippen LogP contribution in [0.3, 0.4) is 0 Å². The second-order valence-corrected chi connectivity index (χ2v) is 5.70. The summed E-state index contributed by atoms with van der Waals surface area (Å²) in [5, 5.41) is 9.12. The molecule has 2 heterocycles. The lowest BCUT2D eigenvalue weighted by atomic mass is 9.97. The van der Waals surface area contributed by atoms with E-state index in [0.717, 1.165) is 18.4 Å². The van der Waals surface area contributed by atoms with E-state index in [-0.39, 0.29) is 5.82 Å². The highest BCUT2D eigenvalue weighted by atomic mass is 19.1. The van der Waals surface area contributed by atoms with Gasteiger partial charge in [-0.3, -0.25) is 4.90 Å². The number of rotatable bonds is 2. The van der Waals surface area contributed by atoms with Crippen LogP contribution in [0.25, 0.3) is 0 Å². The number of piperidine rings is 1. The third-order valence-electron chi connectivity index (χ3n) is 4.46. The molecule has 2 N–H and O–H groups in total. The molecule has 1 aromatic rings. The van der Waals surface area contributed by atoms with Crippen molar-refractivity contribution in [3.63, 3.8) is 0 Å². The maximum atomic E-state index is 13.4. The fourth-order valence-corrected chi connectivity index (χ4v) is 3.57. The first-order chi connectivity index (χ1) is 9.17. The van der Waals surface area contributed by atoms with Crippen LogP contribution in [0.2, 0.25) is 0 Å². The van der Waals surface area contributed by atoms with Crippen LogP contribution in [0, 0.1) is 17.1 Å². The number of hydrogen-bond acceptors (Lipinski definition) is 3. The minimum absolute atomic E-state index is 0.268. The number of nitriles is 1. The Labute approximate surface area is 112 Å². The highest BCUT2D eigenvalue weighted by molar-refractivity contribution is 5.38. The van der Waals surface area contributed by atoms with Crippen LogP contribution in [-0.4, -0.2) is 23.0 Å². The van der Waals surface area contributed by atoms with Gasteiger partial charge in [-0.25, -0.2) is 4.39 Å². The highest BCUT2D eigenvalue weighted by Gasteiger charge is 2.39. The topological polar surface area (TPSA) is 53.0 Å². The predicted octanol–water partition coefficient (Wildman–Crippen LogP) is 2.15. The van der Waals surface area contributed by atoms with Gasteiger partial charge >= 0.3 is 0 Å². The maximum absolute atomic E-state index is 13.4. The van der Waals surface area contributed by atoms with Gasteiger partial charge in [0.2, 0.25) is 0 Å². The molecule has 19 heavy (non-hydrogen) atoms. The summed E-state index contributed by atoms with van der Waals surface area (Å²) in [7, 11) is 0. The number of hydrogen-bond donors (Lipinski definition) is 1. The Hall–Kier alpha value is -1.44. The van der Waals surface area contributed by atoms with Crippen LogP contribution >= 0.6 is 0 Å². The Morgan fingerprint density at radius 3 is 2.63 bits per heavy atom. The van der Waals surface area contributed by atoms with E-state index < -0.39 is 0 Å². The lowest BCUT2D eigenvalue weighted by Crippen LogP contribution is -2.46. The minimum atomic E-state index is -0.268. The fraction of sp³-hybridized carbons (Fsp3) is 0.533. The lowest BCUT2D eigenvalue weighted by molar-refractivity contribution is 0.119. The zero-order valence-electron chi connectivity index (χ0n) is 10.8. The van der Waals surface area contributed by atoms with Crippen LogP contribution in [0.4, 0.5) is 4.39 Å². The summed E-state index contributed by atoms with van der Waals surface area (Å²) in [5.74, 6) is -0.268. The third-order valence-corrected chi connectivity index (χ3v) is 4.46. The first-order valence-electron chi connectivity index (χ1n) is 6.87.